The topological polar surface area (TPSA) is 61.5 Å². The second-order valence-corrected chi connectivity index (χ2v) is 16.3. The van der Waals surface area contributed by atoms with E-state index in [1.165, 1.54) is 49.6 Å². The summed E-state index contributed by atoms with van der Waals surface area (Å²) in [4.78, 5) is 11.9. The summed E-state index contributed by atoms with van der Waals surface area (Å²) in [6.45, 7) is 7.70. The number of hydrogen-bond acceptors (Lipinski definition) is 4. The molecule has 0 aliphatic carbocycles. The van der Waals surface area contributed by atoms with E-state index in [1.54, 1.807) is 0 Å². The van der Waals surface area contributed by atoms with Gasteiger partial charge in [-0.1, -0.05) is 144 Å². The minimum absolute atomic E-state index is 0.116. The molecule has 0 radical (unpaired) electrons. The molecule has 0 spiro atoms. The zero-order valence-corrected chi connectivity index (χ0v) is 27.6. The van der Waals surface area contributed by atoms with Gasteiger partial charge in [-0.25, -0.2) is 0 Å². The molecular weight excluding hydrogens is 534 g/mol. The van der Waals surface area contributed by atoms with Crippen molar-refractivity contribution in [3.63, 3.8) is 0 Å². The van der Waals surface area contributed by atoms with Gasteiger partial charge in [0.2, 0.25) is 0 Å². The van der Waals surface area contributed by atoms with Crippen molar-refractivity contribution in [3.8, 4) is 0 Å². The molecule has 0 aromatic heterocycles. The summed E-state index contributed by atoms with van der Waals surface area (Å²) in [5.74, 6) is -0.179. The summed E-state index contributed by atoms with van der Waals surface area (Å²) in [6.07, 6.45) is 24.5. The molecule has 0 heterocycles. The first kappa shape index (κ1) is 35.5. The number of ether oxygens (including phenoxy) is 1. The summed E-state index contributed by atoms with van der Waals surface area (Å²) >= 11 is 0. The number of benzene rings is 2. The lowest BCUT2D eigenvalue weighted by molar-refractivity contribution is -0.140. The smallest absolute Gasteiger partial charge is 0.305 e. The number of carbonyl (C=O) groups is 1. The standard InChI is InChI=1S/C37H55NO3Si/c1-37(2,3)42(34-27-19-16-20-28-34,35-29-21-17-22-30-35)41-33(26-24-31-36(39)40-4)25-18-14-12-10-8-6-5-7-9-11-13-15-23-32-38/h6,8,12,14,16-22,25,27-30,33H,5,7,9-11,13,15,23-24,26,31-32,38H2,1-4H3/b8-6-,14-12-,25-18+/t33-/m1/s1. The van der Waals surface area contributed by atoms with Crippen LogP contribution < -0.4 is 16.1 Å². The normalized spacial score (nSPS) is 13.4. The highest BCUT2D eigenvalue weighted by atomic mass is 28.4. The van der Waals surface area contributed by atoms with Crippen molar-refractivity contribution in [2.45, 2.75) is 103 Å². The molecule has 0 saturated carbocycles. The van der Waals surface area contributed by atoms with E-state index in [4.69, 9.17) is 14.9 Å². The highest BCUT2D eigenvalue weighted by Gasteiger charge is 2.51. The number of hydrogen-bond donors (Lipinski definition) is 1. The van der Waals surface area contributed by atoms with Crippen LogP contribution in [0.5, 0.6) is 0 Å². The van der Waals surface area contributed by atoms with E-state index < -0.39 is 8.32 Å². The summed E-state index contributed by atoms with van der Waals surface area (Å²) in [7, 11) is -1.27. The molecule has 4 nitrogen and oxygen atoms in total. The zero-order valence-electron chi connectivity index (χ0n) is 26.6. The lowest BCUT2D eigenvalue weighted by Crippen LogP contribution is -2.67. The number of unbranched alkanes of at least 4 members (excludes halogenated alkanes) is 6. The quantitative estimate of drug-likeness (QED) is 0.0558. The largest absolute Gasteiger partial charge is 0.469 e. The number of rotatable bonds is 20. The monoisotopic (exact) mass is 589 g/mol. The third-order valence-corrected chi connectivity index (χ3v) is 12.7. The van der Waals surface area contributed by atoms with Gasteiger partial charge >= 0.3 is 5.97 Å². The highest BCUT2D eigenvalue weighted by Crippen LogP contribution is 2.38. The molecule has 0 saturated heterocycles. The van der Waals surface area contributed by atoms with Gasteiger partial charge in [-0.2, -0.15) is 0 Å². The Bertz CT molecular complexity index is 1030. The molecule has 2 aromatic carbocycles. The van der Waals surface area contributed by atoms with Crippen molar-refractivity contribution in [2.75, 3.05) is 13.7 Å². The Labute approximate surface area is 257 Å². The highest BCUT2D eigenvalue weighted by molar-refractivity contribution is 6.99. The fourth-order valence-corrected chi connectivity index (χ4v) is 10.1. The predicted molar refractivity (Wildman–Crippen MR) is 182 cm³/mol. The first-order chi connectivity index (χ1) is 20.3. The van der Waals surface area contributed by atoms with Crippen molar-refractivity contribution in [3.05, 3.63) is 97.1 Å². The van der Waals surface area contributed by atoms with Crippen molar-refractivity contribution < 1.29 is 14.0 Å². The van der Waals surface area contributed by atoms with Crippen LogP contribution in [0.3, 0.4) is 0 Å². The molecule has 2 aromatic rings. The van der Waals surface area contributed by atoms with Crippen molar-refractivity contribution >= 4 is 24.7 Å². The van der Waals surface area contributed by atoms with Gasteiger partial charge in [0.15, 0.2) is 0 Å². The van der Waals surface area contributed by atoms with Gasteiger partial charge in [-0.3, -0.25) is 4.79 Å². The van der Waals surface area contributed by atoms with Crippen LogP contribution in [0.1, 0.15) is 91.4 Å². The average molecular weight is 590 g/mol. The maximum Gasteiger partial charge on any atom is 0.305 e. The first-order valence-electron chi connectivity index (χ1n) is 15.9. The van der Waals surface area contributed by atoms with Gasteiger partial charge < -0.3 is 14.9 Å². The predicted octanol–water partition coefficient (Wildman–Crippen LogP) is 8.02. The van der Waals surface area contributed by atoms with E-state index >= 15 is 0 Å². The molecule has 0 aliphatic rings. The lowest BCUT2D eigenvalue weighted by atomic mass is 10.1. The molecule has 42 heavy (non-hydrogen) atoms. The number of esters is 1. The lowest BCUT2D eigenvalue weighted by Gasteiger charge is -2.44. The summed E-state index contributed by atoms with van der Waals surface area (Å²) in [5, 5.41) is 2.40. The van der Waals surface area contributed by atoms with Gasteiger partial charge in [0.05, 0.1) is 13.2 Å². The van der Waals surface area contributed by atoms with Crippen molar-refractivity contribution in [1.82, 2.24) is 0 Å². The van der Waals surface area contributed by atoms with Crippen LogP contribution in [0, 0.1) is 0 Å². The van der Waals surface area contributed by atoms with Gasteiger partial charge in [0, 0.05) is 6.42 Å². The van der Waals surface area contributed by atoms with Crippen LogP contribution in [-0.4, -0.2) is 34.0 Å². The van der Waals surface area contributed by atoms with Gasteiger partial charge in [0.1, 0.15) is 0 Å². The van der Waals surface area contributed by atoms with Crippen LogP contribution in [0.15, 0.2) is 97.1 Å². The molecular formula is C37H55NO3Si. The summed E-state index contributed by atoms with van der Waals surface area (Å²) in [6, 6.07) is 21.4. The summed E-state index contributed by atoms with van der Waals surface area (Å²) < 4.78 is 12.3. The molecule has 0 bridgehead atoms. The molecule has 2 N–H and O–H groups in total. The Morgan fingerprint density at radius 3 is 1.98 bits per heavy atom. The summed E-state index contributed by atoms with van der Waals surface area (Å²) in [5.41, 5.74) is 5.56. The third-order valence-electron chi connectivity index (χ3n) is 7.68. The SMILES string of the molecule is COC(=O)CCC[C@@H](/C=C/C=C\C/C=C\CCCCCCCCN)O[Si](c1ccccc1)(c1ccccc1)C(C)(C)C. The number of methoxy groups -OCH3 is 1. The van der Waals surface area contributed by atoms with E-state index in [0.717, 1.165) is 32.2 Å². The second-order valence-electron chi connectivity index (χ2n) is 12.0. The minimum Gasteiger partial charge on any atom is -0.469 e. The number of carbonyl (C=O) groups excluding carboxylic acids is 1. The van der Waals surface area contributed by atoms with Gasteiger partial charge in [0.25, 0.3) is 8.32 Å². The molecule has 1 atom stereocenters. The Morgan fingerprint density at radius 1 is 0.810 bits per heavy atom. The van der Waals surface area contributed by atoms with Crippen LogP contribution >= 0.6 is 0 Å². The van der Waals surface area contributed by atoms with E-state index in [-0.39, 0.29) is 17.1 Å². The Kier molecular flexibility index (Phi) is 17.1. The van der Waals surface area contributed by atoms with Gasteiger partial charge in [-0.15, -0.1) is 0 Å². The molecule has 230 valence electrons. The van der Waals surface area contributed by atoms with Crippen molar-refractivity contribution in [1.29, 1.82) is 0 Å². The van der Waals surface area contributed by atoms with E-state index in [2.05, 4.69) is 118 Å². The second kappa shape index (κ2) is 20.2. The molecule has 0 amide bonds. The number of allylic oxidation sites excluding steroid dienone is 5. The fraction of sp³-hybridized carbons (Fsp3) is 0.486. The third kappa shape index (κ3) is 12.2. The Hall–Kier alpha value is -2.73. The minimum atomic E-state index is -2.71. The molecule has 0 fully saturated rings. The zero-order chi connectivity index (χ0) is 30.5. The first-order valence-corrected chi connectivity index (χ1v) is 17.8. The van der Waals surface area contributed by atoms with E-state index in [0.29, 0.717) is 12.8 Å². The maximum atomic E-state index is 11.9. The molecule has 0 unspecified atom stereocenters. The molecule has 5 heteroatoms. The van der Waals surface area contributed by atoms with Crippen LogP contribution in [-0.2, 0) is 14.0 Å². The number of nitrogens with two attached hydrogens (primary N) is 1. The maximum absolute atomic E-state index is 11.9. The van der Waals surface area contributed by atoms with Crippen LogP contribution in [0.25, 0.3) is 0 Å². The van der Waals surface area contributed by atoms with Crippen molar-refractivity contribution in [2.24, 2.45) is 5.73 Å². The van der Waals surface area contributed by atoms with E-state index in [9.17, 15) is 4.79 Å². The van der Waals surface area contributed by atoms with E-state index in [1.807, 2.05) is 0 Å². The molecule has 2 rings (SSSR count). The molecule has 0 aliphatic heterocycles. The van der Waals surface area contributed by atoms with Crippen LogP contribution in [0.4, 0.5) is 0 Å². The fourth-order valence-electron chi connectivity index (χ4n) is 5.41. The van der Waals surface area contributed by atoms with Gasteiger partial charge in [-0.05, 0) is 60.5 Å². The Morgan fingerprint density at radius 2 is 1.40 bits per heavy atom. The van der Waals surface area contributed by atoms with Crippen LogP contribution in [0.2, 0.25) is 5.04 Å². The Balaban J connectivity index is 2.13. The average Bonchev–Trinajstić information content (AvgIpc) is 2.99.